The number of rotatable bonds is 4. The molecule has 0 bridgehead atoms. The number of carbonyl (C=O) groups is 1. The Morgan fingerprint density at radius 3 is 2.54 bits per heavy atom. The standard InChI is InChI=1S/C21H27N3O2/c1-16-7-4-5-9-19(16)22-13-14-24(18(3)15-22)21(26)11-12-23-17(2)8-6-10-20(23)25/h4-10,18H,11-15H2,1-3H3/t18-/m1/s1. The second-order valence-corrected chi connectivity index (χ2v) is 7.08. The summed E-state index contributed by atoms with van der Waals surface area (Å²) in [6.45, 7) is 8.95. The Balaban J connectivity index is 1.62. The van der Waals surface area contributed by atoms with Gasteiger partial charge in [-0.1, -0.05) is 24.3 Å². The fourth-order valence-electron chi connectivity index (χ4n) is 3.73. The number of amides is 1. The summed E-state index contributed by atoms with van der Waals surface area (Å²) in [5, 5.41) is 0. The van der Waals surface area contributed by atoms with Crippen LogP contribution in [0.2, 0.25) is 0 Å². The maximum absolute atomic E-state index is 12.7. The first-order chi connectivity index (χ1) is 12.5. The minimum atomic E-state index is -0.0461. The maximum atomic E-state index is 12.7. The van der Waals surface area contributed by atoms with Gasteiger partial charge in [-0.15, -0.1) is 0 Å². The Labute approximate surface area is 154 Å². The second kappa shape index (κ2) is 7.77. The molecule has 1 amide bonds. The number of carbonyl (C=O) groups excluding carboxylic acids is 1. The van der Waals surface area contributed by atoms with E-state index in [-0.39, 0.29) is 17.5 Å². The molecular weight excluding hydrogens is 326 g/mol. The van der Waals surface area contributed by atoms with E-state index in [1.54, 1.807) is 16.7 Å². The van der Waals surface area contributed by atoms with Crippen molar-refractivity contribution in [3.05, 3.63) is 64.1 Å². The molecule has 3 rings (SSSR count). The number of piperazine rings is 1. The van der Waals surface area contributed by atoms with Crippen LogP contribution in [-0.4, -0.2) is 41.1 Å². The van der Waals surface area contributed by atoms with Crippen molar-refractivity contribution in [1.29, 1.82) is 0 Å². The minimum absolute atomic E-state index is 0.0461. The largest absolute Gasteiger partial charge is 0.367 e. The number of aryl methyl sites for hydroxylation is 2. The van der Waals surface area contributed by atoms with Gasteiger partial charge in [0.1, 0.15) is 0 Å². The molecule has 26 heavy (non-hydrogen) atoms. The first-order valence-corrected chi connectivity index (χ1v) is 9.24. The molecule has 0 saturated carbocycles. The number of anilines is 1. The summed E-state index contributed by atoms with van der Waals surface area (Å²) in [7, 11) is 0. The molecule has 1 aromatic heterocycles. The minimum Gasteiger partial charge on any atom is -0.367 e. The predicted molar refractivity (Wildman–Crippen MR) is 105 cm³/mol. The van der Waals surface area contributed by atoms with Crippen LogP contribution in [0.4, 0.5) is 5.69 Å². The molecule has 2 aromatic rings. The van der Waals surface area contributed by atoms with Gasteiger partial charge in [0.25, 0.3) is 5.56 Å². The molecule has 5 nitrogen and oxygen atoms in total. The SMILES string of the molecule is Cc1ccccc1N1CCN(C(=O)CCn2c(C)cccc2=O)[C@H](C)C1. The fourth-order valence-corrected chi connectivity index (χ4v) is 3.73. The molecule has 1 fully saturated rings. The van der Waals surface area contributed by atoms with Gasteiger partial charge in [0.15, 0.2) is 0 Å². The predicted octanol–water partition coefficient (Wildman–Crippen LogP) is 2.59. The zero-order chi connectivity index (χ0) is 18.7. The lowest BCUT2D eigenvalue weighted by Crippen LogP contribution is -2.54. The molecule has 1 aliphatic heterocycles. The van der Waals surface area contributed by atoms with Crippen LogP contribution >= 0.6 is 0 Å². The van der Waals surface area contributed by atoms with Crippen LogP contribution in [-0.2, 0) is 11.3 Å². The zero-order valence-corrected chi connectivity index (χ0v) is 15.8. The van der Waals surface area contributed by atoms with Crippen molar-refractivity contribution in [2.75, 3.05) is 24.5 Å². The Kier molecular flexibility index (Phi) is 5.45. The lowest BCUT2D eigenvalue weighted by molar-refractivity contribution is -0.133. The molecule has 0 spiro atoms. The average Bonchev–Trinajstić information content (AvgIpc) is 2.61. The van der Waals surface area contributed by atoms with Gasteiger partial charge in [0, 0.05) is 56.1 Å². The molecule has 0 radical (unpaired) electrons. The summed E-state index contributed by atoms with van der Waals surface area (Å²) in [6, 6.07) is 13.7. The van der Waals surface area contributed by atoms with E-state index in [1.165, 1.54) is 11.3 Å². The molecule has 1 saturated heterocycles. The van der Waals surface area contributed by atoms with Crippen molar-refractivity contribution < 1.29 is 4.79 Å². The summed E-state index contributed by atoms with van der Waals surface area (Å²) < 4.78 is 1.67. The lowest BCUT2D eigenvalue weighted by Gasteiger charge is -2.41. The van der Waals surface area contributed by atoms with E-state index in [0.29, 0.717) is 13.0 Å². The van der Waals surface area contributed by atoms with Crippen LogP contribution in [0.3, 0.4) is 0 Å². The highest BCUT2D eigenvalue weighted by Crippen LogP contribution is 2.23. The van der Waals surface area contributed by atoms with Crippen molar-refractivity contribution in [3.63, 3.8) is 0 Å². The monoisotopic (exact) mass is 353 g/mol. The van der Waals surface area contributed by atoms with Crippen molar-refractivity contribution >= 4 is 11.6 Å². The third kappa shape index (κ3) is 3.82. The third-order valence-electron chi connectivity index (χ3n) is 5.22. The molecule has 2 heterocycles. The summed E-state index contributed by atoms with van der Waals surface area (Å²) in [4.78, 5) is 29.0. The van der Waals surface area contributed by atoms with Gasteiger partial charge in [0.05, 0.1) is 0 Å². The maximum Gasteiger partial charge on any atom is 0.250 e. The quantitative estimate of drug-likeness (QED) is 0.849. The van der Waals surface area contributed by atoms with Crippen molar-refractivity contribution in [2.24, 2.45) is 0 Å². The molecule has 138 valence electrons. The number of hydrogen-bond donors (Lipinski definition) is 0. The van der Waals surface area contributed by atoms with E-state index in [2.05, 4.69) is 43.0 Å². The van der Waals surface area contributed by atoms with Crippen molar-refractivity contribution in [3.8, 4) is 0 Å². The smallest absolute Gasteiger partial charge is 0.250 e. The van der Waals surface area contributed by atoms with E-state index in [9.17, 15) is 9.59 Å². The number of nitrogens with zero attached hydrogens (tertiary/aromatic N) is 3. The Morgan fingerprint density at radius 1 is 1.08 bits per heavy atom. The van der Waals surface area contributed by atoms with Gasteiger partial charge >= 0.3 is 0 Å². The molecule has 5 heteroatoms. The summed E-state index contributed by atoms with van der Waals surface area (Å²) in [6.07, 6.45) is 0.361. The van der Waals surface area contributed by atoms with Gasteiger partial charge in [0.2, 0.25) is 5.91 Å². The molecule has 0 unspecified atom stereocenters. The molecule has 1 atom stereocenters. The highest BCUT2D eigenvalue weighted by Gasteiger charge is 2.27. The van der Waals surface area contributed by atoms with Crippen LogP contribution < -0.4 is 10.5 Å². The molecule has 1 aromatic carbocycles. The van der Waals surface area contributed by atoms with E-state index >= 15 is 0 Å². The van der Waals surface area contributed by atoms with Crippen LogP contribution in [0.25, 0.3) is 0 Å². The number of hydrogen-bond acceptors (Lipinski definition) is 3. The fraction of sp³-hybridized carbons (Fsp3) is 0.429. The number of pyridine rings is 1. The Hall–Kier alpha value is -2.56. The zero-order valence-electron chi connectivity index (χ0n) is 15.8. The van der Waals surface area contributed by atoms with Crippen molar-refractivity contribution in [1.82, 2.24) is 9.47 Å². The lowest BCUT2D eigenvalue weighted by atomic mass is 10.1. The third-order valence-corrected chi connectivity index (χ3v) is 5.22. The Morgan fingerprint density at radius 2 is 1.85 bits per heavy atom. The molecule has 0 N–H and O–H groups in total. The summed E-state index contributed by atoms with van der Waals surface area (Å²) in [5.41, 5.74) is 3.36. The first-order valence-electron chi connectivity index (χ1n) is 9.24. The van der Waals surface area contributed by atoms with Crippen LogP contribution in [0, 0.1) is 13.8 Å². The Bertz CT molecular complexity index is 843. The van der Waals surface area contributed by atoms with E-state index in [1.807, 2.05) is 17.9 Å². The van der Waals surface area contributed by atoms with E-state index in [0.717, 1.165) is 25.3 Å². The normalized spacial score (nSPS) is 17.4. The van der Waals surface area contributed by atoms with Crippen LogP contribution in [0.1, 0.15) is 24.6 Å². The van der Waals surface area contributed by atoms with Gasteiger partial charge in [-0.25, -0.2) is 0 Å². The molecular formula is C21H27N3O2. The topological polar surface area (TPSA) is 45.5 Å². The summed E-state index contributed by atoms with van der Waals surface area (Å²) in [5.74, 6) is 0.122. The molecule has 0 aliphatic carbocycles. The highest BCUT2D eigenvalue weighted by atomic mass is 16.2. The highest BCUT2D eigenvalue weighted by molar-refractivity contribution is 5.77. The van der Waals surface area contributed by atoms with Crippen LogP contribution in [0.5, 0.6) is 0 Å². The first kappa shape index (κ1) is 18.2. The summed E-state index contributed by atoms with van der Waals surface area (Å²) >= 11 is 0. The average molecular weight is 353 g/mol. The number of para-hydroxylation sites is 1. The number of aromatic nitrogens is 1. The van der Waals surface area contributed by atoms with E-state index in [4.69, 9.17) is 0 Å². The number of benzene rings is 1. The van der Waals surface area contributed by atoms with Gasteiger partial charge in [-0.3, -0.25) is 9.59 Å². The molecule has 1 aliphatic rings. The van der Waals surface area contributed by atoms with Gasteiger partial charge < -0.3 is 14.4 Å². The van der Waals surface area contributed by atoms with E-state index < -0.39 is 0 Å². The van der Waals surface area contributed by atoms with Gasteiger partial charge in [-0.05, 0) is 38.5 Å². The van der Waals surface area contributed by atoms with Crippen LogP contribution in [0.15, 0.2) is 47.3 Å². The second-order valence-electron chi connectivity index (χ2n) is 7.08. The van der Waals surface area contributed by atoms with Gasteiger partial charge in [-0.2, -0.15) is 0 Å². The van der Waals surface area contributed by atoms with Crippen molar-refractivity contribution in [2.45, 2.75) is 39.8 Å².